The molecule has 2 rings (SSSR count). The van der Waals surface area contributed by atoms with E-state index in [1.165, 1.54) is 0 Å². The fraction of sp³-hybridized carbons (Fsp3) is 0.562. The van der Waals surface area contributed by atoms with E-state index in [4.69, 9.17) is 4.74 Å². The molecule has 1 aromatic carbocycles. The lowest BCUT2D eigenvalue weighted by molar-refractivity contribution is -0.139. The normalized spacial score (nSPS) is 18.1. The van der Waals surface area contributed by atoms with Gasteiger partial charge in [-0.15, -0.1) is 0 Å². The average molecular weight is 277 g/mol. The minimum atomic E-state index is -0.876. The van der Waals surface area contributed by atoms with E-state index in [1.54, 1.807) is 18.7 Å². The van der Waals surface area contributed by atoms with Gasteiger partial charge in [-0.2, -0.15) is 0 Å². The molecule has 1 heterocycles. The maximum absolute atomic E-state index is 12.6. The van der Waals surface area contributed by atoms with Crippen LogP contribution in [0, 0.1) is 5.92 Å². The van der Waals surface area contributed by atoms with Gasteiger partial charge < -0.3 is 14.7 Å². The molecule has 20 heavy (non-hydrogen) atoms. The number of carbonyl (C=O) groups is 1. The van der Waals surface area contributed by atoms with E-state index in [0.29, 0.717) is 26.1 Å². The fourth-order valence-electron chi connectivity index (χ4n) is 2.56. The molecule has 0 bridgehead atoms. The van der Waals surface area contributed by atoms with Crippen molar-refractivity contribution in [1.82, 2.24) is 4.90 Å². The zero-order valence-electron chi connectivity index (χ0n) is 12.4. The van der Waals surface area contributed by atoms with Gasteiger partial charge in [0.15, 0.2) is 0 Å². The summed E-state index contributed by atoms with van der Waals surface area (Å²) in [6.45, 7) is 6.73. The molecule has 4 heteroatoms. The van der Waals surface area contributed by atoms with Crippen molar-refractivity contribution in [1.29, 1.82) is 0 Å². The van der Waals surface area contributed by atoms with E-state index in [1.807, 2.05) is 31.2 Å². The van der Waals surface area contributed by atoms with E-state index >= 15 is 0 Å². The molecule has 0 saturated heterocycles. The number of para-hydroxylation sites is 1. The van der Waals surface area contributed by atoms with Crippen molar-refractivity contribution in [3.63, 3.8) is 0 Å². The van der Waals surface area contributed by atoms with Crippen LogP contribution in [0.1, 0.15) is 26.3 Å². The van der Waals surface area contributed by atoms with Gasteiger partial charge in [-0.3, -0.25) is 4.79 Å². The second-order valence-electron chi connectivity index (χ2n) is 5.98. The Labute approximate surface area is 120 Å². The predicted molar refractivity (Wildman–Crippen MR) is 77.7 cm³/mol. The Morgan fingerprint density at radius 3 is 2.80 bits per heavy atom. The minimum absolute atomic E-state index is 0.0594. The van der Waals surface area contributed by atoms with Crippen molar-refractivity contribution in [3.05, 3.63) is 29.8 Å². The van der Waals surface area contributed by atoms with E-state index in [0.717, 1.165) is 11.3 Å². The first-order valence-corrected chi connectivity index (χ1v) is 7.12. The molecule has 1 N–H and O–H groups in total. The van der Waals surface area contributed by atoms with Crippen molar-refractivity contribution < 1.29 is 14.6 Å². The molecule has 1 unspecified atom stereocenters. The summed E-state index contributed by atoms with van der Waals surface area (Å²) >= 11 is 0. The van der Waals surface area contributed by atoms with Crippen LogP contribution in [0.4, 0.5) is 0 Å². The van der Waals surface area contributed by atoms with Crippen LogP contribution in [0.5, 0.6) is 5.75 Å². The summed E-state index contributed by atoms with van der Waals surface area (Å²) in [5, 5.41) is 9.90. The number of amides is 1. The molecular weight excluding hydrogens is 254 g/mol. The predicted octanol–water partition coefficient (Wildman–Crippen LogP) is 1.86. The summed E-state index contributed by atoms with van der Waals surface area (Å²) in [6, 6.07) is 7.84. The number of likely N-dealkylation sites (N-methyl/N-ethyl adjacent to an activating group) is 1. The van der Waals surface area contributed by atoms with Gasteiger partial charge >= 0.3 is 0 Å². The highest BCUT2D eigenvalue weighted by molar-refractivity contribution is 5.79. The highest BCUT2D eigenvalue weighted by Crippen LogP contribution is 2.27. The Hall–Kier alpha value is -1.55. The molecule has 1 aliphatic heterocycles. The third-order valence-electron chi connectivity index (χ3n) is 3.50. The topological polar surface area (TPSA) is 49.8 Å². The van der Waals surface area contributed by atoms with Gasteiger partial charge in [-0.1, -0.05) is 18.2 Å². The Kier molecular flexibility index (Phi) is 4.33. The first-order chi connectivity index (χ1) is 9.40. The number of rotatable bonds is 4. The van der Waals surface area contributed by atoms with Gasteiger partial charge in [-0.05, 0) is 38.8 Å². The molecule has 1 aliphatic rings. The molecule has 0 radical (unpaired) electrons. The molecule has 1 aromatic rings. The van der Waals surface area contributed by atoms with E-state index < -0.39 is 5.60 Å². The Balaban J connectivity index is 2.07. The lowest BCUT2D eigenvalue weighted by Crippen LogP contribution is -2.46. The third-order valence-corrected chi connectivity index (χ3v) is 3.50. The van der Waals surface area contributed by atoms with Gasteiger partial charge in [-0.25, -0.2) is 0 Å². The van der Waals surface area contributed by atoms with E-state index in [9.17, 15) is 9.90 Å². The molecule has 1 amide bonds. The lowest BCUT2D eigenvalue weighted by atomic mass is 9.95. The maximum Gasteiger partial charge on any atom is 0.229 e. The van der Waals surface area contributed by atoms with Gasteiger partial charge in [0.25, 0.3) is 0 Å². The maximum atomic E-state index is 12.6. The first-order valence-electron chi connectivity index (χ1n) is 7.12. The molecule has 0 saturated carbocycles. The quantitative estimate of drug-likeness (QED) is 0.914. The van der Waals surface area contributed by atoms with Crippen molar-refractivity contribution in [2.45, 2.75) is 32.8 Å². The van der Waals surface area contributed by atoms with E-state index in [2.05, 4.69) is 0 Å². The number of hydrogen-bond acceptors (Lipinski definition) is 3. The van der Waals surface area contributed by atoms with Crippen molar-refractivity contribution in [3.8, 4) is 5.75 Å². The molecule has 0 spiro atoms. The van der Waals surface area contributed by atoms with Crippen LogP contribution in [-0.2, 0) is 11.2 Å². The molecule has 0 aromatic heterocycles. The zero-order valence-corrected chi connectivity index (χ0v) is 12.4. The lowest BCUT2D eigenvalue weighted by Gasteiger charge is -2.33. The highest BCUT2D eigenvalue weighted by Gasteiger charge is 2.31. The van der Waals surface area contributed by atoms with Crippen molar-refractivity contribution >= 4 is 5.91 Å². The smallest absolute Gasteiger partial charge is 0.229 e. The van der Waals surface area contributed by atoms with Crippen LogP contribution in [0.15, 0.2) is 24.3 Å². The SMILES string of the molecule is CCN(CC(C)(C)O)C(=O)C1COc2ccccc2C1. The number of carbonyl (C=O) groups excluding carboxylic acids is 1. The summed E-state index contributed by atoms with van der Waals surface area (Å²) < 4.78 is 5.67. The van der Waals surface area contributed by atoms with E-state index in [-0.39, 0.29) is 11.8 Å². The number of nitrogens with zero attached hydrogens (tertiary/aromatic N) is 1. The summed E-state index contributed by atoms with van der Waals surface area (Å²) in [5.74, 6) is 0.776. The Bertz CT molecular complexity index is 479. The molecule has 4 nitrogen and oxygen atoms in total. The van der Waals surface area contributed by atoms with Gasteiger partial charge in [0.1, 0.15) is 12.4 Å². The largest absolute Gasteiger partial charge is 0.492 e. The second-order valence-corrected chi connectivity index (χ2v) is 5.98. The molecule has 1 atom stereocenters. The number of fused-ring (bicyclic) bond motifs is 1. The van der Waals surface area contributed by atoms with Crippen LogP contribution >= 0.6 is 0 Å². The van der Waals surface area contributed by atoms with Crippen molar-refractivity contribution in [2.75, 3.05) is 19.7 Å². The van der Waals surface area contributed by atoms with Crippen LogP contribution in [0.2, 0.25) is 0 Å². The summed E-state index contributed by atoms with van der Waals surface area (Å²) in [4.78, 5) is 14.3. The average Bonchev–Trinajstić information content (AvgIpc) is 2.42. The highest BCUT2D eigenvalue weighted by atomic mass is 16.5. The number of benzene rings is 1. The first kappa shape index (κ1) is 14.9. The van der Waals surface area contributed by atoms with Crippen molar-refractivity contribution in [2.24, 2.45) is 5.92 Å². The second kappa shape index (κ2) is 5.83. The van der Waals surface area contributed by atoms with Crippen LogP contribution in [-0.4, -0.2) is 41.2 Å². The monoisotopic (exact) mass is 277 g/mol. The van der Waals surface area contributed by atoms with Gasteiger partial charge in [0, 0.05) is 13.1 Å². The van der Waals surface area contributed by atoms with Gasteiger partial charge in [0.2, 0.25) is 5.91 Å². The van der Waals surface area contributed by atoms with Crippen LogP contribution in [0.25, 0.3) is 0 Å². The molecule has 0 fully saturated rings. The molecule has 110 valence electrons. The zero-order chi connectivity index (χ0) is 14.8. The Morgan fingerprint density at radius 2 is 2.15 bits per heavy atom. The number of hydrogen-bond donors (Lipinski definition) is 1. The molecule has 0 aliphatic carbocycles. The summed E-state index contributed by atoms with van der Waals surface area (Å²) in [7, 11) is 0. The standard InChI is InChI=1S/C16H23NO3/c1-4-17(11-16(2,3)19)15(18)13-9-12-7-5-6-8-14(12)20-10-13/h5-8,13,19H,4,9-11H2,1-3H3. The molecular formula is C16H23NO3. The Morgan fingerprint density at radius 1 is 1.45 bits per heavy atom. The minimum Gasteiger partial charge on any atom is -0.492 e. The number of aliphatic hydroxyl groups is 1. The van der Waals surface area contributed by atoms with Gasteiger partial charge in [0.05, 0.1) is 11.5 Å². The van der Waals surface area contributed by atoms with Crippen LogP contribution < -0.4 is 4.74 Å². The summed E-state index contributed by atoms with van der Waals surface area (Å²) in [6.07, 6.45) is 0.706. The number of ether oxygens (including phenoxy) is 1. The van der Waals surface area contributed by atoms with Crippen LogP contribution in [0.3, 0.4) is 0 Å². The summed E-state index contributed by atoms with van der Waals surface area (Å²) in [5.41, 5.74) is 0.204. The fourth-order valence-corrected chi connectivity index (χ4v) is 2.56. The third kappa shape index (κ3) is 3.51.